The van der Waals surface area contributed by atoms with E-state index in [9.17, 15) is 0 Å². The van der Waals surface area contributed by atoms with Gasteiger partial charge in [0.1, 0.15) is 47.3 Å². The summed E-state index contributed by atoms with van der Waals surface area (Å²) in [4.78, 5) is 0. The van der Waals surface area contributed by atoms with Crippen molar-refractivity contribution in [2.75, 3.05) is 0 Å². The molecule has 0 bridgehead atoms. The van der Waals surface area contributed by atoms with Crippen molar-refractivity contribution in [2.24, 2.45) is 93.2 Å². The first-order chi connectivity index (χ1) is 34.7. The maximum Gasteiger partial charge on any atom is 0.110 e. The average Bonchev–Trinajstić information content (AvgIpc) is 3.36. The van der Waals surface area contributed by atoms with Crippen LogP contribution in [0.15, 0.2) is 0 Å². The van der Waals surface area contributed by atoms with Gasteiger partial charge in [0, 0.05) is 138 Å². The molecule has 0 heterocycles. The third kappa shape index (κ3) is 55.2. The number of hydrogen-bond donors (Lipinski definition) is 8. The minimum atomic E-state index is 0. The van der Waals surface area contributed by atoms with Gasteiger partial charge in [0.15, 0.2) is 0 Å². The SMILES string of the molecule is CCC.CCC.CCC.[Au].[Au].[Au].[Au].[CH2+]C1CCCC[C@@H]1N.[CH2+]C1CCCC[C@H]1N.[CH2+][C@@H]1CCCC[C@@H]1N.[CH2+][C@@H]1CCCC[C@@H]1N.[CH2+][C@@H]1CCCC[C@H]1N.[CH2+][C@@H]1CCCC[C@H]1N.[CH2+][C@@H]1CCCC[C@H]1N.[CH2+][C@H]1CCCC[C@@H]1N. The van der Waals surface area contributed by atoms with Crippen molar-refractivity contribution < 1.29 is 89.5 Å². The first-order valence-corrected chi connectivity index (χ1v) is 31.4. The van der Waals surface area contributed by atoms with Gasteiger partial charge in [-0.25, -0.2) is 0 Å². The van der Waals surface area contributed by atoms with Gasteiger partial charge in [-0.05, 0) is 154 Å². The van der Waals surface area contributed by atoms with Crippen molar-refractivity contribution in [1.29, 1.82) is 0 Å². The zero-order valence-electron chi connectivity index (χ0n) is 51.5. The Kier molecular flexibility index (Phi) is 76.3. The standard InChI is InChI=1S/8C7H14N.3C3H8.4Au/c8*1-6-4-2-3-5-7(6)8;3*1-3-2;;;;/h8*6-7H,1-5,8H2;3*3H2,1-2H3;;;;/q8*+1;;;;;;;/t2*6?,7-;2*6-,7+;4*6-,7-;;;;;;;/m10111110......./s1. The first-order valence-electron chi connectivity index (χ1n) is 31.4. The van der Waals surface area contributed by atoms with Gasteiger partial charge < -0.3 is 45.9 Å². The van der Waals surface area contributed by atoms with Crippen LogP contribution in [0.3, 0.4) is 0 Å². The van der Waals surface area contributed by atoms with E-state index in [1.807, 2.05) is 0 Å². The van der Waals surface area contributed by atoms with Crippen LogP contribution in [0.1, 0.15) is 266 Å². The van der Waals surface area contributed by atoms with Gasteiger partial charge in [-0.2, -0.15) is 0 Å². The van der Waals surface area contributed by atoms with Crippen LogP contribution >= 0.6 is 0 Å². The van der Waals surface area contributed by atoms with E-state index >= 15 is 0 Å². The molecule has 472 valence electrons. The van der Waals surface area contributed by atoms with Crippen molar-refractivity contribution in [3.63, 3.8) is 0 Å². The molecule has 16 N–H and O–H groups in total. The Morgan fingerprint density at radius 2 is 0.260 bits per heavy atom. The van der Waals surface area contributed by atoms with E-state index in [0.29, 0.717) is 95.7 Å². The van der Waals surface area contributed by atoms with Crippen molar-refractivity contribution in [2.45, 2.75) is 315 Å². The van der Waals surface area contributed by atoms with Gasteiger partial charge >= 0.3 is 0 Å². The zero-order chi connectivity index (χ0) is 56.0. The summed E-state index contributed by atoms with van der Waals surface area (Å²) in [7, 11) is 0. The third-order valence-corrected chi connectivity index (χ3v) is 15.7. The van der Waals surface area contributed by atoms with Crippen molar-refractivity contribution >= 4 is 0 Å². The maximum absolute atomic E-state index is 5.72. The largest absolute Gasteiger partial charge is 0.324 e. The topological polar surface area (TPSA) is 208 Å². The van der Waals surface area contributed by atoms with Crippen molar-refractivity contribution in [3.05, 3.63) is 55.4 Å². The Bertz CT molecular complexity index is 793. The second kappa shape index (κ2) is 63.6. The Morgan fingerprint density at radius 3 is 0.299 bits per heavy atom. The van der Waals surface area contributed by atoms with Crippen LogP contribution in [0.4, 0.5) is 0 Å². The first kappa shape index (κ1) is 92.3. The summed E-state index contributed by atoms with van der Waals surface area (Å²) in [6.45, 7) is 44.4. The van der Waals surface area contributed by atoms with E-state index in [2.05, 4.69) is 96.9 Å². The summed E-state index contributed by atoms with van der Waals surface area (Å²) in [5.41, 5.74) is 45.7. The predicted molar refractivity (Wildman–Crippen MR) is 330 cm³/mol. The predicted octanol–water partition coefficient (Wildman–Crippen LogP) is 14.9. The van der Waals surface area contributed by atoms with E-state index in [0.717, 1.165) is 0 Å². The molecule has 0 aromatic heterocycles. The van der Waals surface area contributed by atoms with Gasteiger partial charge in [0.25, 0.3) is 0 Å². The van der Waals surface area contributed by atoms with Crippen LogP contribution < -0.4 is 45.9 Å². The molecule has 0 amide bonds. The summed E-state index contributed by atoms with van der Waals surface area (Å²) >= 11 is 0. The Labute approximate surface area is 547 Å². The molecule has 8 nitrogen and oxygen atoms in total. The van der Waals surface area contributed by atoms with E-state index < -0.39 is 0 Å². The second-order valence-corrected chi connectivity index (χ2v) is 23.8. The molecule has 0 spiro atoms. The van der Waals surface area contributed by atoms with Crippen LogP contribution in [0.5, 0.6) is 0 Å². The zero-order valence-corrected chi connectivity index (χ0v) is 60.1. The monoisotopic (exact) mass is 1820 g/mol. The summed E-state index contributed by atoms with van der Waals surface area (Å²) in [5, 5.41) is 0. The minimum absolute atomic E-state index is 0. The van der Waals surface area contributed by atoms with Crippen LogP contribution in [-0.2, 0) is 89.5 Å². The minimum Gasteiger partial charge on any atom is -0.324 e. The summed E-state index contributed by atoms with van der Waals surface area (Å²) in [6.07, 6.45) is 44.3. The second-order valence-electron chi connectivity index (χ2n) is 23.8. The van der Waals surface area contributed by atoms with E-state index in [1.165, 1.54) is 225 Å². The molecular weight excluding hydrogens is 1680 g/mol. The number of nitrogens with two attached hydrogens (primary N) is 8. The summed E-state index contributed by atoms with van der Waals surface area (Å²) < 4.78 is 0. The molecular formula is C65H136Au4N8+8. The quantitative estimate of drug-likeness (QED) is 0.0862. The Hall–Kier alpha value is 1.60. The molecule has 16 atom stereocenters. The molecule has 0 aromatic rings. The van der Waals surface area contributed by atoms with Crippen molar-refractivity contribution in [3.8, 4) is 0 Å². The molecule has 8 rings (SSSR count). The number of rotatable bonds is 0. The van der Waals surface area contributed by atoms with E-state index in [-0.39, 0.29) is 89.5 Å². The van der Waals surface area contributed by atoms with Crippen LogP contribution in [0, 0.1) is 103 Å². The Balaban J connectivity index is -0.000000141. The molecule has 8 saturated carbocycles. The fraction of sp³-hybridized carbons (Fsp3) is 0.877. The summed E-state index contributed by atoms with van der Waals surface area (Å²) in [6, 6.07) is 3.14. The van der Waals surface area contributed by atoms with E-state index in [1.54, 1.807) is 0 Å². The van der Waals surface area contributed by atoms with E-state index in [4.69, 9.17) is 45.9 Å². The summed E-state index contributed by atoms with van der Waals surface area (Å²) in [5.74, 6) is 4.25. The molecule has 77 heavy (non-hydrogen) atoms. The molecule has 8 aliphatic carbocycles. The fourth-order valence-corrected chi connectivity index (χ4v) is 9.89. The van der Waals surface area contributed by atoms with Crippen LogP contribution in [0.25, 0.3) is 0 Å². The van der Waals surface area contributed by atoms with Gasteiger partial charge in [0.05, 0.1) is 55.4 Å². The van der Waals surface area contributed by atoms with Crippen LogP contribution in [0.2, 0.25) is 0 Å². The molecule has 12 heteroatoms. The Morgan fingerprint density at radius 1 is 0.195 bits per heavy atom. The molecule has 4 radical (unpaired) electrons. The smallest absolute Gasteiger partial charge is 0.110 e. The van der Waals surface area contributed by atoms with Gasteiger partial charge in [-0.15, -0.1) is 0 Å². The molecule has 0 aliphatic heterocycles. The van der Waals surface area contributed by atoms with Crippen LogP contribution in [-0.4, -0.2) is 48.3 Å². The molecule has 8 fully saturated rings. The van der Waals surface area contributed by atoms with Gasteiger partial charge in [0.2, 0.25) is 0 Å². The molecule has 8 aliphatic rings. The van der Waals surface area contributed by atoms with Gasteiger partial charge in [-0.1, -0.05) is 112 Å². The fourth-order valence-electron chi connectivity index (χ4n) is 9.89. The molecule has 0 aromatic carbocycles. The molecule has 0 saturated heterocycles. The maximum atomic E-state index is 5.72. The normalized spacial score (nSPS) is 33.6. The van der Waals surface area contributed by atoms with Gasteiger partial charge in [-0.3, -0.25) is 0 Å². The average molecular weight is 1820 g/mol. The number of hydrogen-bond acceptors (Lipinski definition) is 8. The van der Waals surface area contributed by atoms with Crippen molar-refractivity contribution in [1.82, 2.24) is 0 Å². The molecule has 2 unspecified atom stereocenters. The third-order valence-electron chi connectivity index (χ3n) is 15.7.